The second-order valence-electron chi connectivity index (χ2n) is 6.29. The minimum atomic E-state index is 0.153. The number of likely N-dealkylation sites (tertiary alicyclic amines) is 1. The van der Waals surface area contributed by atoms with Gasteiger partial charge in [0.2, 0.25) is 0 Å². The third-order valence-electron chi connectivity index (χ3n) is 4.64. The van der Waals surface area contributed by atoms with E-state index >= 15 is 0 Å². The lowest BCUT2D eigenvalue weighted by atomic mass is 10.2. The van der Waals surface area contributed by atoms with Crippen LogP contribution in [0.15, 0.2) is 18.5 Å². The van der Waals surface area contributed by atoms with Gasteiger partial charge in [-0.25, -0.2) is 9.97 Å². The van der Waals surface area contributed by atoms with Gasteiger partial charge in [0.25, 0.3) is 5.91 Å². The van der Waals surface area contributed by atoms with Gasteiger partial charge in [0.1, 0.15) is 12.1 Å². The van der Waals surface area contributed by atoms with Gasteiger partial charge in [0.05, 0.1) is 4.88 Å². The molecule has 1 saturated heterocycles. The number of nitrogens with one attached hydrogen (secondary N) is 1. The Morgan fingerprint density at radius 1 is 1.35 bits per heavy atom. The van der Waals surface area contributed by atoms with Gasteiger partial charge in [0, 0.05) is 35.3 Å². The molecule has 120 valence electrons. The van der Waals surface area contributed by atoms with Crippen LogP contribution in [0.4, 0.5) is 5.82 Å². The van der Waals surface area contributed by atoms with Crippen molar-refractivity contribution in [3.05, 3.63) is 39.5 Å². The molecule has 1 amide bonds. The first-order valence-corrected chi connectivity index (χ1v) is 8.97. The molecule has 1 atom stereocenters. The summed E-state index contributed by atoms with van der Waals surface area (Å²) >= 11 is 1.57. The minimum absolute atomic E-state index is 0.153. The van der Waals surface area contributed by atoms with E-state index < -0.39 is 0 Å². The van der Waals surface area contributed by atoms with Crippen molar-refractivity contribution in [2.24, 2.45) is 0 Å². The molecule has 1 aliphatic carbocycles. The maximum atomic E-state index is 12.5. The summed E-state index contributed by atoms with van der Waals surface area (Å²) in [6, 6.07) is 4.22. The van der Waals surface area contributed by atoms with Crippen molar-refractivity contribution in [1.82, 2.24) is 14.9 Å². The number of hydrogen-bond donors (Lipinski definition) is 1. The maximum absolute atomic E-state index is 12.5. The number of anilines is 1. The lowest BCUT2D eigenvalue weighted by Crippen LogP contribution is -2.31. The van der Waals surface area contributed by atoms with Crippen LogP contribution in [0.5, 0.6) is 0 Å². The Morgan fingerprint density at radius 2 is 2.26 bits per heavy atom. The molecule has 4 rings (SSSR count). The van der Waals surface area contributed by atoms with Gasteiger partial charge in [-0.1, -0.05) is 0 Å². The van der Waals surface area contributed by atoms with Crippen molar-refractivity contribution in [3.8, 4) is 0 Å². The fourth-order valence-corrected chi connectivity index (χ4v) is 4.28. The van der Waals surface area contributed by atoms with Crippen molar-refractivity contribution in [2.75, 3.05) is 18.4 Å². The monoisotopic (exact) mass is 328 g/mol. The first-order chi connectivity index (χ1) is 11.2. The molecule has 5 nitrogen and oxygen atoms in total. The number of carbonyl (C=O) groups is 1. The number of nitrogens with zero attached hydrogens (tertiary/aromatic N) is 3. The second-order valence-corrected chi connectivity index (χ2v) is 7.58. The largest absolute Gasteiger partial charge is 0.365 e. The van der Waals surface area contributed by atoms with Gasteiger partial charge < -0.3 is 10.2 Å². The standard InChI is InChI=1S/C17H20N4OS/c1-11-5-6-15(23-11)17(22)21-8-7-12(9-21)20-16-13-3-2-4-14(13)18-10-19-16/h5-6,10,12H,2-4,7-9H2,1H3,(H,18,19,20). The third-order valence-corrected chi connectivity index (χ3v) is 5.63. The average molecular weight is 328 g/mol. The van der Waals surface area contributed by atoms with Crippen LogP contribution >= 0.6 is 11.3 Å². The van der Waals surface area contributed by atoms with Gasteiger partial charge in [-0.05, 0) is 44.7 Å². The van der Waals surface area contributed by atoms with Crippen molar-refractivity contribution < 1.29 is 4.79 Å². The van der Waals surface area contributed by atoms with Crippen LogP contribution in [0.3, 0.4) is 0 Å². The zero-order valence-corrected chi connectivity index (χ0v) is 14.0. The first-order valence-electron chi connectivity index (χ1n) is 8.16. The SMILES string of the molecule is Cc1ccc(C(=O)N2CCC(Nc3ncnc4c3CCC4)C2)s1. The molecular weight excluding hydrogens is 308 g/mol. The first kappa shape index (κ1) is 14.6. The Labute approximate surface area is 139 Å². The number of rotatable bonds is 3. The fourth-order valence-electron chi connectivity index (χ4n) is 3.45. The Hall–Kier alpha value is -1.95. The highest BCUT2D eigenvalue weighted by molar-refractivity contribution is 7.13. The van der Waals surface area contributed by atoms with E-state index in [0.717, 1.165) is 49.5 Å². The molecular formula is C17H20N4OS. The van der Waals surface area contributed by atoms with Gasteiger partial charge in [-0.3, -0.25) is 4.79 Å². The summed E-state index contributed by atoms with van der Waals surface area (Å²) < 4.78 is 0. The Balaban J connectivity index is 1.43. The van der Waals surface area contributed by atoms with E-state index in [1.54, 1.807) is 17.7 Å². The van der Waals surface area contributed by atoms with Gasteiger partial charge >= 0.3 is 0 Å². The van der Waals surface area contributed by atoms with E-state index in [1.807, 2.05) is 24.0 Å². The molecule has 2 aromatic heterocycles. The minimum Gasteiger partial charge on any atom is -0.365 e. The molecule has 0 aromatic carbocycles. The van der Waals surface area contributed by atoms with Gasteiger partial charge in [-0.15, -0.1) is 11.3 Å². The number of aryl methyl sites for hydroxylation is 2. The molecule has 0 radical (unpaired) electrons. The van der Waals surface area contributed by atoms with E-state index in [9.17, 15) is 4.79 Å². The summed E-state index contributed by atoms with van der Waals surface area (Å²) in [5.74, 6) is 1.12. The fraction of sp³-hybridized carbons (Fsp3) is 0.471. The van der Waals surface area contributed by atoms with Crippen LogP contribution in [-0.2, 0) is 12.8 Å². The van der Waals surface area contributed by atoms with Crippen molar-refractivity contribution in [1.29, 1.82) is 0 Å². The van der Waals surface area contributed by atoms with Crippen LogP contribution in [0, 0.1) is 6.92 Å². The smallest absolute Gasteiger partial charge is 0.263 e. The molecule has 0 bridgehead atoms. The van der Waals surface area contributed by atoms with Crippen molar-refractivity contribution in [3.63, 3.8) is 0 Å². The quantitative estimate of drug-likeness (QED) is 0.941. The zero-order valence-electron chi connectivity index (χ0n) is 13.2. The summed E-state index contributed by atoms with van der Waals surface area (Å²) in [5, 5.41) is 3.54. The van der Waals surface area contributed by atoms with Crippen LogP contribution in [0.1, 0.15) is 38.6 Å². The van der Waals surface area contributed by atoms with E-state index in [4.69, 9.17) is 0 Å². The molecule has 1 aliphatic heterocycles. The Bertz CT molecular complexity index is 742. The highest BCUT2D eigenvalue weighted by atomic mass is 32.1. The number of aromatic nitrogens is 2. The van der Waals surface area contributed by atoms with E-state index in [1.165, 1.54) is 16.1 Å². The molecule has 1 N–H and O–H groups in total. The summed E-state index contributed by atoms with van der Waals surface area (Å²) in [6.45, 7) is 3.58. The number of fused-ring (bicyclic) bond motifs is 1. The molecule has 6 heteroatoms. The summed E-state index contributed by atoms with van der Waals surface area (Å²) in [6.07, 6.45) is 5.89. The average Bonchev–Trinajstić information content (AvgIpc) is 3.26. The molecule has 2 aromatic rings. The molecule has 3 heterocycles. The highest BCUT2D eigenvalue weighted by Crippen LogP contribution is 2.27. The van der Waals surface area contributed by atoms with Crippen LogP contribution in [0.2, 0.25) is 0 Å². The van der Waals surface area contributed by atoms with E-state index in [-0.39, 0.29) is 11.9 Å². The summed E-state index contributed by atoms with van der Waals surface area (Å²) in [7, 11) is 0. The summed E-state index contributed by atoms with van der Waals surface area (Å²) in [5.41, 5.74) is 2.45. The number of hydrogen-bond acceptors (Lipinski definition) is 5. The van der Waals surface area contributed by atoms with Crippen LogP contribution in [0.25, 0.3) is 0 Å². The Kier molecular flexibility index (Phi) is 3.77. The zero-order chi connectivity index (χ0) is 15.8. The van der Waals surface area contributed by atoms with Gasteiger partial charge in [0.15, 0.2) is 0 Å². The summed E-state index contributed by atoms with van der Waals surface area (Å²) in [4.78, 5) is 25.3. The molecule has 2 aliphatic rings. The van der Waals surface area contributed by atoms with E-state index in [0.29, 0.717) is 0 Å². The topological polar surface area (TPSA) is 58.1 Å². The lowest BCUT2D eigenvalue weighted by molar-refractivity contribution is 0.0796. The molecule has 1 unspecified atom stereocenters. The van der Waals surface area contributed by atoms with E-state index in [2.05, 4.69) is 15.3 Å². The third kappa shape index (κ3) is 2.83. The number of thiophene rings is 1. The molecule has 0 spiro atoms. The second kappa shape index (κ2) is 5.92. The highest BCUT2D eigenvalue weighted by Gasteiger charge is 2.29. The van der Waals surface area contributed by atoms with Gasteiger partial charge in [-0.2, -0.15) is 0 Å². The maximum Gasteiger partial charge on any atom is 0.263 e. The molecule has 0 saturated carbocycles. The number of carbonyl (C=O) groups excluding carboxylic acids is 1. The van der Waals surface area contributed by atoms with Crippen molar-refractivity contribution >= 4 is 23.1 Å². The molecule has 1 fully saturated rings. The predicted molar refractivity (Wildman–Crippen MR) is 91.0 cm³/mol. The number of amides is 1. The lowest BCUT2D eigenvalue weighted by Gasteiger charge is -2.17. The van der Waals surface area contributed by atoms with Crippen LogP contribution < -0.4 is 5.32 Å². The Morgan fingerprint density at radius 3 is 3.09 bits per heavy atom. The normalized spacial score (nSPS) is 19.9. The van der Waals surface area contributed by atoms with Crippen molar-refractivity contribution in [2.45, 2.75) is 38.6 Å². The molecule has 23 heavy (non-hydrogen) atoms. The van der Waals surface area contributed by atoms with Crippen LogP contribution in [-0.4, -0.2) is 39.9 Å². The predicted octanol–water partition coefficient (Wildman–Crippen LogP) is 2.66.